The van der Waals surface area contributed by atoms with Crippen LogP contribution in [0.15, 0.2) is 46.9 Å². The molecule has 3 rings (SSSR count). The average Bonchev–Trinajstić information content (AvgIpc) is 3.28. The van der Waals surface area contributed by atoms with Gasteiger partial charge in [0.15, 0.2) is 0 Å². The summed E-state index contributed by atoms with van der Waals surface area (Å²) in [6.07, 6.45) is 2.67. The first-order valence-electron chi connectivity index (χ1n) is 6.85. The second-order valence-electron chi connectivity index (χ2n) is 5.16. The lowest BCUT2D eigenvalue weighted by molar-refractivity contribution is 0.302. The van der Waals surface area contributed by atoms with Crippen LogP contribution in [0.3, 0.4) is 0 Å². The smallest absolute Gasteiger partial charge is 0.120 e. The summed E-state index contributed by atoms with van der Waals surface area (Å²) in [5.74, 6) is 6.63. The summed E-state index contributed by atoms with van der Waals surface area (Å²) in [5, 5.41) is 0.665. The highest BCUT2D eigenvalue weighted by Crippen LogP contribution is 2.32. The molecule has 3 nitrogen and oxygen atoms in total. The number of ether oxygens (including phenoxy) is 1. The van der Waals surface area contributed by atoms with E-state index in [-0.39, 0.29) is 6.04 Å². The molecule has 1 saturated carbocycles. The lowest BCUT2D eigenvalue weighted by atomic mass is 9.99. The van der Waals surface area contributed by atoms with Crippen LogP contribution in [-0.4, -0.2) is 6.10 Å². The van der Waals surface area contributed by atoms with Crippen molar-refractivity contribution in [2.24, 2.45) is 5.84 Å². The summed E-state index contributed by atoms with van der Waals surface area (Å²) in [6.45, 7) is 0. The molecule has 5 heteroatoms. The van der Waals surface area contributed by atoms with Gasteiger partial charge in [0.1, 0.15) is 5.75 Å². The van der Waals surface area contributed by atoms with Gasteiger partial charge in [-0.1, -0.05) is 29.8 Å². The number of hydrogen-bond donors (Lipinski definition) is 2. The Bertz CT molecular complexity index is 646. The molecular weight excluding hydrogens is 352 g/mol. The van der Waals surface area contributed by atoms with Crippen LogP contribution < -0.4 is 16.0 Å². The molecule has 2 aromatic rings. The first-order valence-corrected chi connectivity index (χ1v) is 8.02. The van der Waals surface area contributed by atoms with Gasteiger partial charge in [0.25, 0.3) is 0 Å². The third kappa shape index (κ3) is 3.58. The Morgan fingerprint density at radius 3 is 2.62 bits per heavy atom. The molecule has 0 aliphatic heterocycles. The molecule has 1 unspecified atom stereocenters. The molecule has 1 aliphatic carbocycles. The van der Waals surface area contributed by atoms with Gasteiger partial charge in [0.05, 0.1) is 17.2 Å². The minimum absolute atomic E-state index is 0.127. The van der Waals surface area contributed by atoms with Gasteiger partial charge < -0.3 is 4.74 Å². The second-order valence-corrected chi connectivity index (χ2v) is 6.42. The molecule has 0 amide bonds. The number of nitrogens with two attached hydrogens (primary N) is 1. The molecule has 2 aromatic carbocycles. The van der Waals surface area contributed by atoms with Crippen LogP contribution in [0.1, 0.15) is 30.0 Å². The first kappa shape index (κ1) is 14.9. The zero-order valence-electron chi connectivity index (χ0n) is 11.4. The molecule has 1 fully saturated rings. The van der Waals surface area contributed by atoms with E-state index in [4.69, 9.17) is 22.2 Å². The van der Waals surface area contributed by atoms with Gasteiger partial charge in [-0.05, 0) is 64.2 Å². The van der Waals surface area contributed by atoms with Gasteiger partial charge in [0.2, 0.25) is 0 Å². The van der Waals surface area contributed by atoms with Crippen LogP contribution in [0.4, 0.5) is 0 Å². The highest BCUT2D eigenvalue weighted by molar-refractivity contribution is 9.10. The molecule has 110 valence electrons. The van der Waals surface area contributed by atoms with Gasteiger partial charge >= 0.3 is 0 Å². The topological polar surface area (TPSA) is 47.3 Å². The highest BCUT2D eigenvalue weighted by Gasteiger charge is 2.24. The molecule has 0 bridgehead atoms. The standard InChI is InChI=1S/C16H16BrClN2O/c17-14-7-4-11(9-15(14)18)16(20-19)10-2-1-3-13(8-10)21-12-5-6-12/h1-4,7-9,12,16,20H,5-6,19H2. The Labute approximate surface area is 137 Å². The van der Waals surface area contributed by atoms with E-state index < -0.39 is 0 Å². The van der Waals surface area contributed by atoms with E-state index in [1.165, 1.54) is 0 Å². The monoisotopic (exact) mass is 366 g/mol. The Morgan fingerprint density at radius 2 is 1.95 bits per heavy atom. The SMILES string of the molecule is NNC(c1cccc(OC2CC2)c1)c1ccc(Br)c(Cl)c1. The molecule has 3 N–H and O–H groups in total. The summed E-state index contributed by atoms with van der Waals surface area (Å²) in [4.78, 5) is 0. The Kier molecular flexibility index (Phi) is 4.50. The first-order chi connectivity index (χ1) is 10.2. The van der Waals surface area contributed by atoms with Crippen molar-refractivity contribution in [1.29, 1.82) is 0 Å². The zero-order valence-corrected chi connectivity index (χ0v) is 13.7. The third-order valence-electron chi connectivity index (χ3n) is 3.46. The van der Waals surface area contributed by atoms with E-state index >= 15 is 0 Å². The Morgan fingerprint density at radius 1 is 1.19 bits per heavy atom. The molecule has 1 aliphatic rings. The van der Waals surface area contributed by atoms with E-state index in [1.807, 2.05) is 42.5 Å². The van der Waals surface area contributed by atoms with E-state index in [0.29, 0.717) is 11.1 Å². The number of halogens is 2. The van der Waals surface area contributed by atoms with Crippen molar-refractivity contribution < 1.29 is 4.74 Å². The normalized spacial score (nSPS) is 15.8. The molecule has 0 aromatic heterocycles. The van der Waals surface area contributed by atoms with Crippen LogP contribution in [0.25, 0.3) is 0 Å². The highest BCUT2D eigenvalue weighted by atomic mass is 79.9. The van der Waals surface area contributed by atoms with Crippen molar-refractivity contribution in [3.8, 4) is 5.75 Å². The predicted octanol–water partition coefficient (Wildman–Crippen LogP) is 4.20. The summed E-state index contributed by atoms with van der Waals surface area (Å²) in [5.41, 5.74) is 4.91. The van der Waals surface area contributed by atoms with Gasteiger partial charge in [-0.25, -0.2) is 5.43 Å². The van der Waals surface area contributed by atoms with Gasteiger partial charge in [-0.2, -0.15) is 0 Å². The van der Waals surface area contributed by atoms with Crippen LogP contribution in [0, 0.1) is 0 Å². The minimum atomic E-state index is -0.127. The second kappa shape index (κ2) is 6.36. The fraction of sp³-hybridized carbons (Fsp3) is 0.250. The molecule has 0 radical (unpaired) electrons. The van der Waals surface area contributed by atoms with Gasteiger partial charge in [-0.15, -0.1) is 0 Å². The number of hydrazine groups is 1. The van der Waals surface area contributed by atoms with Crippen molar-refractivity contribution >= 4 is 27.5 Å². The lowest BCUT2D eigenvalue weighted by Crippen LogP contribution is -2.28. The molecule has 21 heavy (non-hydrogen) atoms. The maximum absolute atomic E-state index is 6.17. The lowest BCUT2D eigenvalue weighted by Gasteiger charge is -2.18. The number of rotatable bonds is 5. The number of nitrogens with one attached hydrogen (secondary N) is 1. The van der Waals surface area contributed by atoms with Crippen molar-refractivity contribution in [3.05, 3.63) is 63.1 Å². The summed E-state index contributed by atoms with van der Waals surface area (Å²) in [7, 11) is 0. The summed E-state index contributed by atoms with van der Waals surface area (Å²) >= 11 is 9.57. The molecular formula is C16H16BrClN2O. The van der Waals surface area contributed by atoms with E-state index in [0.717, 1.165) is 34.2 Å². The van der Waals surface area contributed by atoms with Crippen molar-refractivity contribution in [1.82, 2.24) is 5.43 Å². The molecule has 1 atom stereocenters. The van der Waals surface area contributed by atoms with Crippen molar-refractivity contribution in [2.45, 2.75) is 25.0 Å². The third-order valence-corrected chi connectivity index (χ3v) is 4.69. The van der Waals surface area contributed by atoms with Gasteiger partial charge in [-0.3, -0.25) is 5.84 Å². The van der Waals surface area contributed by atoms with Crippen LogP contribution in [0.2, 0.25) is 5.02 Å². The maximum Gasteiger partial charge on any atom is 0.120 e. The van der Waals surface area contributed by atoms with Crippen molar-refractivity contribution in [2.75, 3.05) is 0 Å². The van der Waals surface area contributed by atoms with Crippen molar-refractivity contribution in [3.63, 3.8) is 0 Å². The number of benzene rings is 2. The fourth-order valence-electron chi connectivity index (χ4n) is 2.22. The quantitative estimate of drug-likeness (QED) is 0.615. The summed E-state index contributed by atoms with van der Waals surface area (Å²) < 4.78 is 6.71. The van der Waals surface area contributed by atoms with E-state index in [1.54, 1.807) is 0 Å². The molecule has 0 heterocycles. The average molecular weight is 368 g/mol. The predicted molar refractivity (Wildman–Crippen MR) is 88.4 cm³/mol. The molecule has 0 spiro atoms. The Balaban J connectivity index is 1.89. The Hall–Kier alpha value is -1.07. The van der Waals surface area contributed by atoms with Crippen LogP contribution >= 0.6 is 27.5 Å². The van der Waals surface area contributed by atoms with E-state index in [9.17, 15) is 0 Å². The largest absolute Gasteiger partial charge is 0.490 e. The number of hydrogen-bond acceptors (Lipinski definition) is 3. The minimum Gasteiger partial charge on any atom is -0.490 e. The van der Waals surface area contributed by atoms with Crippen LogP contribution in [0.5, 0.6) is 5.75 Å². The summed E-state index contributed by atoms with van der Waals surface area (Å²) in [6, 6.07) is 13.7. The van der Waals surface area contributed by atoms with E-state index in [2.05, 4.69) is 21.4 Å². The maximum atomic E-state index is 6.17. The zero-order chi connectivity index (χ0) is 14.8. The molecule has 0 saturated heterocycles. The fourth-order valence-corrected chi connectivity index (χ4v) is 2.66. The van der Waals surface area contributed by atoms with Gasteiger partial charge in [0, 0.05) is 4.47 Å². The van der Waals surface area contributed by atoms with Crippen LogP contribution in [-0.2, 0) is 0 Å².